The summed E-state index contributed by atoms with van der Waals surface area (Å²) < 4.78 is 1.69. The van der Waals surface area contributed by atoms with E-state index in [-0.39, 0.29) is 5.69 Å². The van der Waals surface area contributed by atoms with Gasteiger partial charge in [0.1, 0.15) is 0 Å². The first kappa shape index (κ1) is 14.5. The van der Waals surface area contributed by atoms with Crippen LogP contribution < -0.4 is 0 Å². The molecule has 0 radical (unpaired) electrons. The van der Waals surface area contributed by atoms with Crippen LogP contribution in [-0.4, -0.2) is 62.9 Å². The van der Waals surface area contributed by atoms with E-state index in [2.05, 4.69) is 21.8 Å². The van der Waals surface area contributed by atoms with Crippen molar-refractivity contribution in [3.63, 3.8) is 0 Å². The molecule has 116 valence electrons. The van der Waals surface area contributed by atoms with Gasteiger partial charge >= 0.3 is 5.97 Å². The van der Waals surface area contributed by atoms with Gasteiger partial charge in [-0.1, -0.05) is 6.92 Å². The van der Waals surface area contributed by atoms with Crippen molar-refractivity contribution in [3.05, 3.63) is 17.5 Å². The van der Waals surface area contributed by atoms with Crippen LogP contribution in [0.5, 0.6) is 0 Å². The summed E-state index contributed by atoms with van der Waals surface area (Å²) in [6, 6.07) is 2.51. The lowest BCUT2D eigenvalue weighted by molar-refractivity contribution is 0.0689. The van der Waals surface area contributed by atoms with Gasteiger partial charge in [0, 0.05) is 45.8 Å². The Bertz CT molecular complexity index is 524. The molecule has 1 saturated carbocycles. The van der Waals surface area contributed by atoms with E-state index in [1.54, 1.807) is 10.7 Å². The summed E-state index contributed by atoms with van der Waals surface area (Å²) in [5.74, 6) is -0.304. The number of carboxylic acid groups (broad SMARTS) is 1. The highest BCUT2D eigenvalue weighted by Crippen LogP contribution is 2.28. The molecule has 1 aliphatic carbocycles. The van der Waals surface area contributed by atoms with Crippen LogP contribution in [0.1, 0.15) is 35.9 Å². The van der Waals surface area contributed by atoms with Crippen LogP contribution in [0.15, 0.2) is 6.07 Å². The number of hydrogen-bond acceptors (Lipinski definition) is 4. The molecule has 1 atom stereocenters. The normalized spacial score (nSPS) is 25.0. The molecule has 1 aliphatic heterocycles. The van der Waals surface area contributed by atoms with Gasteiger partial charge in [-0.2, -0.15) is 5.10 Å². The Morgan fingerprint density at radius 2 is 2.14 bits per heavy atom. The number of aryl methyl sites for hydroxylation is 1. The van der Waals surface area contributed by atoms with Crippen molar-refractivity contribution in [2.75, 3.05) is 26.2 Å². The summed E-state index contributed by atoms with van der Waals surface area (Å²) in [4.78, 5) is 16.0. The summed E-state index contributed by atoms with van der Waals surface area (Å²) in [5.41, 5.74) is 1.11. The molecular formula is C15H24N4O2. The van der Waals surface area contributed by atoms with Gasteiger partial charge in [0.05, 0.1) is 5.69 Å². The van der Waals surface area contributed by atoms with Crippen LogP contribution in [0.3, 0.4) is 0 Å². The number of aromatic nitrogens is 2. The largest absolute Gasteiger partial charge is 0.476 e. The van der Waals surface area contributed by atoms with Crippen molar-refractivity contribution in [2.45, 2.75) is 32.4 Å². The second-order valence-electron chi connectivity index (χ2n) is 6.52. The Morgan fingerprint density at radius 1 is 1.38 bits per heavy atom. The third-order valence-electron chi connectivity index (χ3n) is 4.46. The van der Waals surface area contributed by atoms with E-state index in [1.165, 1.54) is 19.4 Å². The molecule has 1 N–H and O–H groups in total. The van der Waals surface area contributed by atoms with Crippen molar-refractivity contribution in [3.8, 4) is 0 Å². The standard InChI is InChI=1S/C15H24N4O2/c1-11-8-18(5-6-19(9-11)12-3-4-12)10-13-7-14(15(20)21)16-17(13)2/h7,11-12H,3-6,8-10H2,1-2H3,(H,20,21). The fourth-order valence-corrected chi connectivity index (χ4v) is 3.25. The minimum absolute atomic E-state index is 0.134. The maximum atomic E-state index is 11.0. The molecule has 2 fully saturated rings. The molecule has 1 aromatic rings. The third kappa shape index (κ3) is 3.44. The van der Waals surface area contributed by atoms with E-state index >= 15 is 0 Å². The second kappa shape index (κ2) is 5.77. The first-order valence-electron chi connectivity index (χ1n) is 7.75. The third-order valence-corrected chi connectivity index (χ3v) is 4.46. The van der Waals surface area contributed by atoms with E-state index in [1.807, 2.05) is 7.05 Å². The van der Waals surface area contributed by atoms with E-state index in [4.69, 9.17) is 5.11 Å². The number of rotatable bonds is 4. The molecular weight excluding hydrogens is 268 g/mol. The molecule has 6 nitrogen and oxygen atoms in total. The van der Waals surface area contributed by atoms with Crippen LogP contribution in [0.25, 0.3) is 0 Å². The van der Waals surface area contributed by atoms with Gasteiger partial charge in [0.15, 0.2) is 5.69 Å². The molecule has 1 unspecified atom stereocenters. The summed E-state index contributed by atoms with van der Waals surface area (Å²) in [5, 5.41) is 13.1. The lowest BCUT2D eigenvalue weighted by Crippen LogP contribution is -2.32. The van der Waals surface area contributed by atoms with Crippen LogP contribution in [0.4, 0.5) is 0 Å². The van der Waals surface area contributed by atoms with Crippen molar-refractivity contribution in [1.29, 1.82) is 0 Å². The minimum Gasteiger partial charge on any atom is -0.476 e. The molecule has 1 aromatic heterocycles. The predicted octanol–water partition coefficient (Wildman–Crippen LogP) is 1.03. The van der Waals surface area contributed by atoms with E-state index in [9.17, 15) is 4.79 Å². The monoisotopic (exact) mass is 292 g/mol. The van der Waals surface area contributed by atoms with Crippen LogP contribution in [0.2, 0.25) is 0 Å². The highest BCUT2D eigenvalue weighted by Gasteiger charge is 2.32. The number of nitrogens with zero attached hydrogens (tertiary/aromatic N) is 4. The first-order chi connectivity index (χ1) is 10.0. The predicted molar refractivity (Wildman–Crippen MR) is 79.2 cm³/mol. The molecule has 6 heteroatoms. The van der Waals surface area contributed by atoms with Crippen molar-refractivity contribution >= 4 is 5.97 Å². The van der Waals surface area contributed by atoms with Gasteiger partial charge in [-0.25, -0.2) is 4.79 Å². The smallest absolute Gasteiger partial charge is 0.356 e. The lowest BCUT2D eigenvalue weighted by atomic mass is 10.1. The molecule has 2 aliphatic rings. The molecule has 2 heterocycles. The second-order valence-corrected chi connectivity index (χ2v) is 6.52. The van der Waals surface area contributed by atoms with E-state index < -0.39 is 5.97 Å². The van der Waals surface area contributed by atoms with Gasteiger partial charge in [-0.15, -0.1) is 0 Å². The Hall–Kier alpha value is -1.40. The van der Waals surface area contributed by atoms with Crippen LogP contribution in [0, 0.1) is 5.92 Å². The van der Waals surface area contributed by atoms with Gasteiger partial charge < -0.3 is 5.11 Å². The highest BCUT2D eigenvalue weighted by molar-refractivity contribution is 5.85. The Labute approximate surface area is 125 Å². The van der Waals surface area contributed by atoms with Crippen molar-refractivity contribution in [2.24, 2.45) is 13.0 Å². The number of aromatic carboxylic acids is 1. The molecule has 21 heavy (non-hydrogen) atoms. The molecule has 0 amide bonds. The SMILES string of the molecule is CC1CN(Cc2cc(C(=O)O)nn2C)CCN(C2CC2)C1. The summed E-state index contributed by atoms with van der Waals surface area (Å²) in [6.07, 6.45) is 2.72. The van der Waals surface area contributed by atoms with Gasteiger partial charge in [0.2, 0.25) is 0 Å². The average Bonchev–Trinajstić information content (AvgIpc) is 3.20. The number of carbonyl (C=O) groups is 1. The van der Waals surface area contributed by atoms with Crippen LogP contribution >= 0.6 is 0 Å². The van der Waals surface area contributed by atoms with Gasteiger partial charge in [-0.3, -0.25) is 14.5 Å². The van der Waals surface area contributed by atoms with Crippen molar-refractivity contribution < 1.29 is 9.90 Å². The zero-order chi connectivity index (χ0) is 15.0. The molecule has 0 aromatic carbocycles. The van der Waals surface area contributed by atoms with Gasteiger partial charge in [0.25, 0.3) is 0 Å². The maximum absolute atomic E-state index is 11.0. The fourth-order valence-electron chi connectivity index (χ4n) is 3.25. The molecule has 0 bridgehead atoms. The zero-order valence-electron chi connectivity index (χ0n) is 12.8. The van der Waals surface area contributed by atoms with E-state index in [0.717, 1.165) is 37.9 Å². The molecule has 3 rings (SSSR count). The Morgan fingerprint density at radius 3 is 2.76 bits per heavy atom. The maximum Gasteiger partial charge on any atom is 0.356 e. The van der Waals surface area contributed by atoms with Gasteiger partial charge in [-0.05, 0) is 24.8 Å². The summed E-state index contributed by atoms with van der Waals surface area (Å²) in [7, 11) is 1.82. The van der Waals surface area contributed by atoms with E-state index in [0.29, 0.717) is 5.92 Å². The Balaban J connectivity index is 1.65. The summed E-state index contributed by atoms with van der Waals surface area (Å²) >= 11 is 0. The molecule has 1 saturated heterocycles. The average molecular weight is 292 g/mol. The van der Waals surface area contributed by atoms with Crippen LogP contribution in [-0.2, 0) is 13.6 Å². The number of carboxylic acids is 1. The quantitative estimate of drug-likeness (QED) is 0.898. The molecule has 0 spiro atoms. The topological polar surface area (TPSA) is 61.6 Å². The summed E-state index contributed by atoms with van der Waals surface area (Å²) in [6.45, 7) is 7.51. The zero-order valence-corrected chi connectivity index (χ0v) is 12.8. The Kier molecular flexibility index (Phi) is 3.99. The van der Waals surface area contributed by atoms with Crippen molar-refractivity contribution in [1.82, 2.24) is 19.6 Å². The lowest BCUT2D eigenvalue weighted by Gasteiger charge is -2.21. The highest BCUT2D eigenvalue weighted by atomic mass is 16.4. The first-order valence-corrected chi connectivity index (χ1v) is 7.75. The minimum atomic E-state index is -0.957. The number of hydrogen-bond donors (Lipinski definition) is 1. The fraction of sp³-hybridized carbons (Fsp3) is 0.733.